The summed E-state index contributed by atoms with van der Waals surface area (Å²) >= 11 is 0. The SMILES string of the molecule is C=CC(=O)N1CCCC(c2noc(C)n2)C1. The zero-order valence-electron chi connectivity index (χ0n) is 9.35. The molecule has 1 amide bonds. The highest BCUT2D eigenvalue weighted by molar-refractivity contribution is 5.87. The molecule has 1 aliphatic rings. The van der Waals surface area contributed by atoms with Gasteiger partial charge in [0.25, 0.3) is 0 Å². The first-order valence-electron chi connectivity index (χ1n) is 5.42. The molecule has 0 aromatic carbocycles. The molecule has 0 bridgehead atoms. The average molecular weight is 221 g/mol. The number of likely N-dealkylation sites (tertiary alicyclic amines) is 1. The zero-order chi connectivity index (χ0) is 11.5. The van der Waals surface area contributed by atoms with E-state index in [0.717, 1.165) is 19.4 Å². The standard InChI is InChI=1S/C11H15N3O2/c1-3-10(15)14-6-4-5-9(7-14)11-12-8(2)16-13-11/h3,9H,1,4-7H2,2H3. The molecule has 0 radical (unpaired) electrons. The van der Waals surface area contributed by atoms with E-state index in [1.807, 2.05) is 0 Å². The van der Waals surface area contributed by atoms with Gasteiger partial charge in [-0.1, -0.05) is 11.7 Å². The first kappa shape index (κ1) is 10.9. The van der Waals surface area contributed by atoms with Crippen molar-refractivity contribution in [1.82, 2.24) is 15.0 Å². The lowest BCUT2D eigenvalue weighted by molar-refractivity contribution is -0.127. The Morgan fingerprint density at radius 3 is 3.12 bits per heavy atom. The molecule has 0 spiro atoms. The highest BCUT2D eigenvalue weighted by atomic mass is 16.5. The number of hydrogen-bond acceptors (Lipinski definition) is 4. The lowest BCUT2D eigenvalue weighted by Crippen LogP contribution is -2.38. The molecule has 2 heterocycles. The maximum Gasteiger partial charge on any atom is 0.245 e. The van der Waals surface area contributed by atoms with Gasteiger partial charge in [-0.15, -0.1) is 0 Å². The second kappa shape index (κ2) is 4.47. The highest BCUT2D eigenvalue weighted by Crippen LogP contribution is 2.24. The fourth-order valence-corrected chi connectivity index (χ4v) is 2.00. The molecule has 0 saturated carbocycles. The van der Waals surface area contributed by atoms with Crippen molar-refractivity contribution < 1.29 is 9.32 Å². The van der Waals surface area contributed by atoms with Gasteiger partial charge in [-0.25, -0.2) is 0 Å². The van der Waals surface area contributed by atoms with E-state index in [-0.39, 0.29) is 11.8 Å². The molecule has 1 aromatic heterocycles. The second-order valence-electron chi connectivity index (χ2n) is 4.00. The molecule has 16 heavy (non-hydrogen) atoms. The van der Waals surface area contributed by atoms with E-state index in [1.165, 1.54) is 6.08 Å². The van der Waals surface area contributed by atoms with Crippen LogP contribution in [0.25, 0.3) is 0 Å². The van der Waals surface area contributed by atoms with Crippen LogP contribution in [0.5, 0.6) is 0 Å². The molecule has 0 aliphatic carbocycles. The summed E-state index contributed by atoms with van der Waals surface area (Å²) in [5.74, 6) is 1.45. The third-order valence-corrected chi connectivity index (χ3v) is 2.82. The molecule has 1 atom stereocenters. The average Bonchev–Trinajstić information content (AvgIpc) is 2.75. The summed E-state index contributed by atoms with van der Waals surface area (Å²) < 4.78 is 4.96. The van der Waals surface area contributed by atoms with Crippen LogP contribution in [0.1, 0.15) is 30.5 Å². The minimum Gasteiger partial charge on any atom is -0.340 e. The van der Waals surface area contributed by atoms with Crippen molar-refractivity contribution in [2.75, 3.05) is 13.1 Å². The minimum absolute atomic E-state index is 0.0232. The topological polar surface area (TPSA) is 59.2 Å². The molecule has 5 heteroatoms. The van der Waals surface area contributed by atoms with Crippen molar-refractivity contribution in [2.24, 2.45) is 0 Å². The second-order valence-corrected chi connectivity index (χ2v) is 4.00. The van der Waals surface area contributed by atoms with Crippen LogP contribution in [0, 0.1) is 6.92 Å². The Morgan fingerprint density at radius 1 is 1.69 bits per heavy atom. The van der Waals surface area contributed by atoms with Gasteiger partial charge in [-0.2, -0.15) is 4.98 Å². The van der Waals surface area contributed by atoms with E-state index in [4.69, 9.17) is 4.52 Å². The number of aryl methyl sites for hydroxylation is 1. The van der Waals surface area contributed by atoms with Crippen molar-refractivity contribution in [3.05, 3.63) is 24.4 Å². The summed E-state index contributed by atoms with van der Waals surface area (Å²) in [6.45, 7) is 6.71. The van der Waals surface area contributed by atoms with E-state index < -0.39 is 0 Å². The van der Waals surface area contributed by atoms with E-state index >= 15 is 0 Å². The van der Waals surface area contributed by atoms with Gasteiger partial charge in [0, 0.05) is 25.9 Å². The zero-order valence-corrected chi connectivity index (χ0v) is 9.35. The van der Waals surface area contributed by atoms with Gasteiger partial charge in [0.1, 0.15) is 0 Å². The summed E-state index contributed by atoms with van der Waals surface area (Å²) in [4.78, 5) is 17.5. The van der Waals surface area contributed by atoms with Crippen molar-refractivity contribution in [2.45, 2.75) is 25.7 Å². The summed E-state index contributed by atoms with van der Waals surface area (Å²) in [5, 5.41) is 3.91. The Labute approximate surface area is 94.1 Å². The van der Waals surface area contributed by atoms with Crippen molar-refractivity contribution in [3.63, 3.8) is 0 Å². The fourth-order valence-electron chi connectivity index (χ4n) is 2.00. The van der Waals surface area contributed by atoms with E-state index in [0.29, 0.717) is 18.3 Å². The monoisotopic (exact) mass is 221 g/mol. The lowest BCUT2D eigenvalue weighted by Gasteiger charge is -2.30. The maximum absolute atomic E-state index is 11.5. The van der Waals surface area contributed by atoms with Gasteiger partial charge in [0.15, 0.2) is 5.82 Å². The Bertz CT molecular complexity index is 400. The largest absolute Gasteiger partial charge is 0.340 e. The van der Waals surface area contributed by atoms with Gasteiger partial charge in [0.2, 0.25) is 11.8 Å². The Hall–Kier alpha value is -1.65. The van der Waals surface area contributed by atoms with Gasteiger partial charge in [-0.05, 0) is 18.9 Å². The number of aromatic nitrogens is 2. The summed E-state index contributed by atoms with van der Waals surface area (Å²) in [6.07, 6.45) is 3.32. The van der Waals surface area contributed by atoms with Crippen LogP contribution in [-0.4, -0.2) is 34.0 Å². The number of rotatable bonds is 2. The predicted molar refractivity (Wildman–Crippen MR) is 57.8 cm³/mol. The first-order chi connectivity index (χ1) is 7.70. The number of carbonyl (C=O) groups excluding carboxylic acids is 1. The van der Waals surface area contributed by atoms with E-state index in [2.05, 4.69) is 16.7 Å². The number of piperidine rings is 1. The number of nitrogens with zero attached hydrogens (tertiary/aromatic N) is 3. The van der Waals surface area contributed by atoms with Crippen molar-refractivity contribution >= 4 is 5.91 Å². The molecule has 1 unspecified atom stereocenters. The molecular weight excluding hydrogens is 206 g/mol. The number of amides is 1. The fraction of sp³-hybridized carbons (Fsp3) is 0.545. The highest BCUT2D eigenvalue weighted by Gasteiger charge is 2.26. The number of hydrogen-bond donors (Lipinski definition) is 0. The third-order valence-electron chi connectivity index (χ3n) is 2.82. The molecule has 1 aliphatic heterocycles. The van der Waals surface area contributed by atoms with Gasteiger partial charge >= 0.3 is 0 Å². The molecule has 86 valence electrons. The van der Waals surface area contributed by atoms with Crippen LogP contribution < -0.4 is 0 Å². The molecule has 1 fully saturated rings. The van der Waals surface area contributed by atoms with Crippen LogP contribution in [0.15, 0.2) is 17.2 Å². The quantitative estimate of drug-likeness (QED) is 0.706. The summed E-state index contributed by atoms with van der Waals surface area (Å²) in [6, 6.07) is 0. The predicted octanol–water partition coefficient (Wildman–Crippen LogP) is 1.27. The van der Waals surface area contributed by atoms with Crippen LogP contribution in [0.2, 0.25) is 0 Å². The normalized spacial score (nSPS) is 20.8. The minimum atomic E-state index is -0.0232. The van der Waals surface area contributed by atoms with E-state index in [9.17, 15) is 4.79 Å². The van der Waals surface area contributed by atoms with Crippen LogP contribution in [-0.2, 0) is 4.79 Å². The lowest BCUT2D eigenvalue weighted by atomic mass is 9.97. The van der Waals surface area contributed by atoms with Crippen LogP contribution in [0.3, 0.4) is 0 Å². The molecule has 1 saturated heterocycles. The van der Waals surface area contributed by atoms with Crippen molar-refractivity contribution in [1.29, 1.82) is 0 Å². The molecule has 5 nitrogen and oxygen atoms in total. The molecule has 1 aromatic rings. The van der Waals surface area contributed by atoms with Crippen molar-refractivity contribution in [3.8, 4) is 0 Å². The third kappa shape index (κ3) is 2.13. The maximum atomic E-state index is 11.5. The Balaban J connectivity index is 2.07. The molecular formula is C11H15N3O2. The Morgan fingerprint density at radius 2 is 2.50 bits per heavy atom. The van der Waals surface area contributed by atoms with Gasteiger partial charge in [-0.3, -0.25) is 4.79 Å². The Kier molecular flexibility index (Phi) is 3.03. The first-order valence-corrected chi connectivity index (χ1v) is 5.42. The smallest absolute Gasteiger partial charge is 0.245 e. The van der Waals surface area contributed by atoms with Gasteiger partial charge < -0.3 is 9.42 Å². The van der Waals surface area contributed by atoms with Crippen LogP contribution in [0.4, 0.5) is 0 Å². The summed E-state index contributed by atoms with van der Waals surface area (Å²) in [7, 11) is 0. The van der Waals surface area contributed by atoms with Crippen LogP contribution >= 0.6 is 0 Å². The molecule has 0 N–H and O–H groups in total. The van der Waals surface area contributed by atoms with E-state index in [1.54, 1.807) is 11.8 Å². The summed E-state index contributed by atoms with van der Waals surface area (Å²) in [5.41, 5.74) is 0. The van der Waals surface area contributed by atoms with Gasteiger partial charge in [0.05, 0.1) is 0 Å². The molecule has 2 rings (SSSR count). The number of carbonyl (C=O) groups is 1.